The third kappa shape index (κ3) is 3.41. The molecule has 0 spiro atoms. The Morgan fingerprint density at radius 2 is 1.35 bits per heavy atom. The summed E-state index contributed by atoms with van der Waals surface area (Å²) in [7, 11) is 2.37. The Kier molecular flexibility index (Phi) is 5.37. The molecule has 1 aliphatic carbocycles. The Hall–Kier alpha value is -3.45. The zero-order valence-corrected chi connectivity index (χ0v) is 18.4. The second-order valence-electron chi connectivity index (χ2n) is 6.87. The maximum absolute atomic E-state index is 13.3. The zero-order chi connectivity index (χ0) is 22.2. The molecular weight excluding hydrogens is 416 g/mol. The molecule has 3 aromatic carbocycles. The Morgan fingerprint density at radius 3 is 1.94 bits per heavy atom. The Balaban J connectivity index is 1.99. The van der Waals surface area contributed by atoms with Crippen molar-refractivity contribution in [2.45, 2.75) is 4.90 Å². The van der Waals surface area contributed by atoms with Crippen molar-refractivity contribution in [3.05, 3.63) is 71.1 Å². The maximum Gasteiger partial charge on any atom is 0.203 e. The lowest BCUT2D eigenvalue weighted by molar-refractivity contribution is 0.324. The molecule has 0 saturated carbocycles. The van der Waals surface area contributed by atoms with Crippen molar-refractivity contribution in [2.75, 3.05) is 28.4 Å². The molecule has 0 amide bonds. The highest BCUT2D eigenvalue weighted by atomic mass is 32.2. The Morgan fingerprint density at radius 1 is 0.710 bits per heavy atom. The molecule has 0 radical (unpaired) electrons. The van der Waals surface area contributed by atoms with Crippen molar-refractivity contribution >= 4 is 15.4 Å². The van der Waals surface area contributed by atoms with E-state index in [4.69, 9.17) is 18.9 Å². The lowest BCUT2D eigenvalue weighted by Gasteiger charge is -2.17. The molecule has 7 heteroatoms. The van der Waals surface area contributed by atoms with Gasteiger partial charge < -0.3 is 18.9 Å². The second-order valence-corrected chi connectivity index (χ2v) is 8.66. The summed E-state index contributed by atoms with van der Waals surface area (Å²) in [5, 5.41) is 1.29. The zero-order valence-electron chi connectivity index (χ0n) is 17.6. The average molecular weight is 439 g/mol. The van der Waals surface area contributed by atoms with Crippen LogP contribution in [0.2, 0.25) is 0 Å². The van der Waals surface area contributed by atoms with Crippen LogP contribution in [0, 0.1) is 0 Å². The minimum absolute atomic E-state index is 0.172. The van der Waals surface area contributed by atoms with Gasteiger partial charge in [-0.2, -0.15) is 0 Å². The van der Waals surface area contributed by atoms with Crippen molar-refractivity contribution in [1.29, 1.82) is 0 Å². The normalized spacial score (nSPS) is 13.5. The first-order chi connectivity index (χ1) is 14.9. The summed E-state index contributed by atoms with van der Waals surface area (Å²) < 4.78 is 48.4. The molecule has 0 aromatic heterocycles. The molecule has 0 heterocycles. The summed E-state index contributed by atoms with van der Waals surface area (Å²) in [5.41, 5.74) is 3.70. The van der Waals surface area contributed by atoms with E-state index in [1.54, 1.807) is 19.2 Å². The molecule has 0 atom stereocenters. The van der Waals surface area contributed by atoms with E-state index in [0.717, 1.165) is 16.7 Å². The molecule has 31 heavy (non-hydrogen) atoms. The summed E-state index contributed by atoms with van der Waals surface area (Å²) in [6.07, 6.45) is 0. The highest BCUT2D eigenvalue weighted by Crippen LogP contribution is 2.55. The Bertz CT molecular complexity index is 1270. The smallest absolute Gasteiger partial charge is 0.203 e. The number of rotatable bonds is 6. The molecule has 0 bridgehead atoms. The lowest BCUT2D eigenvalue weighted by atomic mass is 10.0. The predicted molar refractivity (Wildman–Crippen MR) is 119 cm³/mol. The monoisotopic (exact) mass is 438 g/mol. The van der Waals surface area contributed by atoms with Crippen molar-refractivity contribution in [2.24, 2.45) is 0 Å². The van der Waals surface area contributed by atoms with Gasteiger partial charge in [0.15, 0.2) is 21.3 Å². The van der Waals surface area contributed by atoms with Crippen LogP contribution in [0.15, 0.2) is 64.9 Å². The first-order valence-corrected chi connectivity index (χ1v) is 11.0. The van der Waals surface area contributed by atoms with Gasteiger partial charge >= 0.3 is 0 Å². The highest BCUT2D eigenvalue weighted by molar-refractivity contribution is 7.94. The number of fused-ring (bicyclic) bond motifs is 3. The fourth-order valence-electron chi connectivity index (χ4n) is 3.83. The number of benzene rings is 3. The fourth-order valence-corrected chi connectivity index (χ4v) is 5.04. The van der Waals surface area contributed by atoms with E-state index in [2.05, 4.69) is 0 Å². The van der Waals surface area contributed by atoms with E-state index >= 15 is 0 Å². The summed E-state index contributed by atoms with van der Waals surface area (Å²) >= 11 is 0. The van der Waals surface area contributed by atoms with Crippen molar-refractivity contribution < 1.29 is 27.4 Å². The van der Waals surface area contributed by atoms with Gasteiger partial charge in [0.05, 0.1) is 33.3 Å². The van der Waals surface area contributed by atoms with Gasteiger partial charge in [-0.15, -0.1) is 0 Å². The highest BCUT2D eigenvalue weighted by Gasteiger charge is 2.32. The van der Waals surface area contributed by atoms with Gasteiger partial charge in [-0.1, -0.05) is 24.3 Å². The van der Waals surface area contributed by atoms with Crippen molar-refractivity contribution in [1.82, 2.24) is 0 Å². The van der Waals surface area contributed by atoms with E-state index in [0.29, 0.717) is 34.1 Å². The summed E-state index contributed by atoms with van der Waals surface area (Å²) in [5.74, 6) is 1.92. The molecular formula is C24H22O6S. The molecule has 6 nitrogen and oxygen atoms in total. The third-order valence-corrected chi connectivity index (χ3v) is 6.74. The fraction of sp³-hybridized carbons (Fsp3) is 0.167. The number of methoxy groups -OCH3 is 4. The number of hydrogen-bond acceptors (Lipinski definition) is 6. The van der Waals surface area contributed by atoms with Crippen molar-refractivity contribution in [3.63, 3.8) is 0 Å². The predicted octanol–water partition coefficient (Wildman–Crippen LogP) is 4.56. The molecule has 3 aromatic rings. The van der Waals surface area contributed by atoms with E-state index in [-0.39, 0.29) is 4.90 Å². The number of hydrogen-bond donors (Lipinski definition) is 0. The van der Waals surface area contributed by atoms with Crippen LogP contribution in [0.3, 0.4) is 0 Å². The first kappa shape index (κ1) is 20.8. The van der Waals surface area contributed by atoms with Crippen LogP contribution < -0.4 is 18.9 Å². The van der Waals surface area contributed by atoms with Gasteiger partial charge in [-0.25, -0.2) is 8.42 Å². The van der Waals surface area contributed by atoms with Crippen LogP contribution in [-0.4, -0.2) is 36.9 Å². The molecule has 4 rings (SSSR count). The Labute approximate surface area is 181 Å². The molecule has 0 unspecified atom stereocenters. The average Bonchev–Trinajstić information content (AvgIpc) is 3.10. The molecule has 0 N–H and O–H groups in total. The van der Waals surface area contributed by atoms with Gasteiger partial charge in [0.2, 0.25) is 5.75 Å². The van der Waals surface area contributed by atoms with Crippen molar-refractivity contribution in [3.8, 4) is 34.1 Å². The molecule has 0 fully saturated rings. The third-order valence-electron chi connectivity index (χ3n) is 5.27. The largest absolute Gasteiger partial charge is 0.497 e. The lowest BCUT2D eigenvalue weighted by Crippen LogP contribution is -2.01. The quantitative estimate of drug-likeness (QED) is 0.439. The summed E-state index contributed by atoms with van der Waals surface area (Å²) in [4.78, 5) is 0.172. The molecule has 0 saturated heterocycles. The topological polar surface area (TPSA) is 71.1 Å². The number of ether oxygens (including phenoxy) is 4. The van der Waals surface area contributed by atoms with Gasteiger partial charge in [-0.05, 0) is 47.0 Å². The summed E-state index contributed by atoms with van der Waals surface area (Å²) in [6, 6.07) is 15.8. The van der Waals surface area contributed by atoms with Gasteiger partial charge in [0.25, 0.3) is 0 Å². The number of sulfone groups is 1. The standard InChI is InChI=1S/C24H22O6S/c1-27-15-9-11-16(12-10-15)31(25,26)14-20-18-8-6-5-7-17(18)19-13-21(28-2)23(29-3)24(30-4)22(19)20/h5-14H,1-4H3/b20-14+. The minimum Gasteiger partial charge on any atom is -0.497 e. The SMILES string of the molecule is COc1ccc(S(=O)(=O)/C=C2\c3ccccc3-c3cc(OC)c(OC)c(OC)c32)cc1. The van der Waals surface area contributed by atoms with E-state index < -0.39 is 9.84 Å². The van der Waals surface area contributed by atoms with E-state index in [9.17, 15) is 8.42 Å². The van der Waals surface area contributed by atoms with Crippen LogP contribution in [0.25, 0.3) is 16.7 Å². The van der Waals surface area contributed by atoms with E-state index in [1.165, 1.54) is 38.9 Å². The van der Waals surface area contributed by atoms with Gasteiger partial charge in [0.1, 0.15) is 5.75 Å². The van der Waals surface area contributed by atoms with Crippen LogP contribution in [0.5, 0.6) is 23.0 Å². The minimum atomic E-state index is -3.76. The van der Waals surface area contributed by atoms with Crippen LogP contribution >= 0.6 is 0 Å². The second kappa shape index (κ2) is 8.00. The van der Waals surface area contributed by atoms with E-state index in [1.807, 2.05) is 30.3 Å². The van der Waals surface area contributed by atoms with Crippen LogP contribution in [0.4, 0.5) is 0 Å². The molecule has 1 aliphatic rings. The molecule has 0 aliphatic heterocycles. The first-order valence-electron chi connectivity index (χ1n) is 9.49. The summed E-state index contributed by atoms with van der Waals surface area (Å²) in [6.45, 7) is 0. The maximum atomic E-state index is 13.3. The molecule has 160 valence electrons. The van der Waals surface area contributed by atoms with Crippen LogP contribution in [0.1, 0.15) is 11.1 Å². The van der Waals surface area contributed by atoms with Crippen LogP contribution in [-0.2, 0) is 9.84 Å². The van der Waals surface area contributed by atoms with Gasteiger partial charge in [0, 0.05) is 16.5 Å². The van der Waals surface area contributed by atoms with Gasteiger partial charge in [-0.3, -0.25) is 0 Å².